The smallest absolute Gasteiger partial charge is 0.170 e. The second-order valence-electron chi connectivity index (χ2n) is 5.04. The van der Waals surface area contributed by atoms with Gasteiger partial charge in [0.1, 0.15) is 0 Å². The number of nitrogens with two attached hydrogens (primary N) is 1. The monoisotopic (exact) mass is 264 g/mol. The van der Waals surface area contributed by atoms with Crippen molar-refractivity contribution in [3.63, 3.8) is 0 Å². The maximum atomic E-state index is 8.79. The molecule has 3 N–H and O–H groups in total. The summed E-state index contributed by atoms with van der Waals surface area (Å²) in [4.78, 5) is 4.42. The minimum atomic E-state index is 0.164. The summed E-state index contributed by atoms with van der Waals surface area (Å²) in [5.74, 6) is 0.164. The highest BCUT2D eigenvalue weighted by Gasteiger charge is 2.08. The number of nitrogens with zero attached hydrogens (tertiary/aromatic N) is 3. The Morgan fingerprint density at radius 2 is 1.89 bits per heavy atom. The van der Waals surface area contributed by atoms with Gasteiger partial charge in [0, 0.05) is 12.1 Å². The molecule has 1 rings (SSSR count). The third-order valence-corrected chi connectivity index (χ3v) is 2.99. The molecule has 5 heteroatoms. The maximum Gasteiger partial charge on any atom is 0.170 e. The fourth-order valence-electron chi connectivity index (χ4n) is 1.99. The quantitative estimate of drug-likeness (QED) is 0.336. The molecule has 0 aromatic heterocycles. The topological polar surface area (TPSA) is 65.1 Å². The van der Waals surface area contributed by atoms with Crippen LogP contribution in [-0.4, -0.2) is 55.1 Å². The van der Waals surface area contributed by atoms with E-state index in [0.29, 0.717) is 0 Å². The number of amidine groups is 1. The number of hydrogen-bond acceptors (Lipinski definition) is 4. The lowest BCUT2D eigenvalue weighted by Gasteiger charge is -2.19. The van der Waals surface area contributed by atoms with Crippen LogP contribution < -0.4 is 5.73 Å². The highest BCUT2D eigenvalue weighted by Crippen LogP contribution is 2.11. The van der Waals surface area contributed by atoms with Crippen LogP contribution in [0, 0.1) is 0 Å². The number of oxime groups is 1. The molecular weight excluding hydrogens is 240 g/mol. The SMILES string of the molecule is CN(C)CCCN(C)Cc1ccccc1C(N)=NO. The predicted molar refractivity (Wildman–Crippen MR) is 78.5 cm³/mol. The number of benzene rings is 1. The molecule has 1 aromatic rings. The van der Waals surface area contributed by atoms with Crippen LogP contribution in [0.5, 0.6) is 0 Å². The minimum Gasteiger partial charge on any atom is -0.409 e. The van der Waals surface area contributed by atoms with Crippen molar-refractivity contribution in [2.45, 2.75) is 13.0 Å². The van der Waals surface area contributed by atoms with Gasteiger partial charge < -0.3 is 20.7 Å². The third-order valence-electron chi connectivity index (χ3n) is 2.99. The third kappa shape index (κ3) is 5.28. The maximum absolute atomic E-state index is 8.79. The zero-order valence-corrected chi connectivity index (χ0v) is 12.0. The molecule has 0 spiro atoms. The molecule has 0 aliphatic heterocycles. The Bertz CT molecular complexity index is 418. The van der Waals surface area contributed by atoms with Gasteiger partial charge in [0.05, 0.1) is 0 Å². The van der Waals surface area contributed by atoms with Crippen LogP contribution in [0.4, 0.5) is 0 Å². The Hall–Kier alpha value is -1.59. The van der Waals surface area contributed by atoms with Gasteiger partial charge in [-0.25, -0.2) is 0 Å². The predicted octanol–water partition coefficient (Wildman–Crippen LogP) is 1.16. The van der Waals surface area contributed by atoms with Gasteiger partial charge in [0.2, 0.25) is 0 Å². The van der Waals surface area contributed by atoms with Crippen LogP contribution in [0.25, 0.3) is 0 Å². The molecule has 19 heavy (non-hydrogen) atoms. The van der Waals surface area contributed by atoms with E-state index in [0.717, 1.165) is 37.2 Å². The van der Waals surface area contributed by atoms with Crippen molar-refractivity contribution in [2.24, 2.45) is 10.9 Å². The van der Waals surface area contributed by atoms with E-state index in [1.165, 1.54) is 0 Å². The van der Waals surface area contributed by atoms with E-state index in [1.807, 2.05) is 24.3 Å². The van der Waals surface area contributed by atoms with Gasteiger partial charge in [-0.3, -0.25) is 0 Å². The van der Waals surface area contributed by atoms with Gasteiger partial charge in [0.25, 0.3) is 0 Å². The summed E-state index contributed by atoms with van der Waals surface area (Å²) in [6.45, 7) is 2.88. The van der Waals surface area contributed by atoms with Crippen LogP contribution in [-0.2, 0) is 6.54 Å². The van der Waals surface area contributed by atoms with Crippen molar-refractivity contribution in [1.29, 1.82) is 0 Å². The first kappa shape index (κ1) is 15.5. The second kappa shape index (κ2) is 7.76. The van der Waals surface area contributed by atoms with Crippen molar-refractivity contribution in [3.05, 3.63) is 35.4 Å². The van der Waals surface area contributed by atoms with Crippen molar-refractivity contribution in [2.75, 3.05) is 34.2 Å². The Morgan fingerprint density at radius 3 is 2.53 bits per heavy atom. The van der Waals surface area contributed by atoms with Gasteiger partial charge in [0.15, 0.2) is 5.84 Å². The Kier molecular flexibility index (Phi) is 6.32. The molecule has 0 heterocycles. The largest absolute Gasteiger partial charge is 0.409 e. The molecule has 0 aliphatic rings. The Balaban J connectivity index is 2.61. The van der Waals surface area contributed by atoms with Crippen molar-refractivity contribution < 1.29 is 5.21 Å². The number of hydrogen-bond donors (Lipinski definition) is 2. The average Bonchev–Trinajstić information content (AvgIpc) is 2.38. The lowest BCUT2D eigenvalue weighted by atomic mass is 10.1. The summed E-state index contributed by atoms with van der Waals surface area (Å²) in [6.07, 6.45) is 1.12. The highest BCUT2D eigenvalue weighted by molar-refractivity contribution is 5.98. The lowest BCUT2D eigenvalue weighted by Crippen LogP contribution is -2.25. The molecule has 0 unspecified atom stereocenters. The van der Waals surface area contributed by atoms with Crippen LogP contribution in [0.1, 0.15) is 17.5 Å². The summed E-state index contributed by atoms with van der Waals surface area (Å²) < 4.78 is 0. The van der Waals surface area contributed by atoms with E-state index in [4.69, 9.17) is 10.9 Å². The van der Waals surface area contributed by atoms with Crippen LogP contribution in [0.15, 0.2) is 29.4 Å². The molecule has 0 saturated heterocycles. The van der Waals surface area contributed by atoms with Gasteiger partial charge in [-0.1, -0.05) is 29.4 Å². The zero-order chi connectivity index (χ0) is 14.3. The summed E-state index contributed by atoms with van der Waals surface area (Å²) in [6, 6.07) is 7.74. The van der Waals surface area contributed by atoms with Gasteiger partial charge in [-0.05, 0) is 46.2 Å². The molecule has 0 bridgehead atoms. The van der Waals surface area contributed by atoms with Crippen molar-refractivity contribution in [1.82, 2.24) is 9.80 Å². The molecular formula is C14H24N4O. The van der Waals surface area contributed by atoms with Crippen LogP contribution in [0.2, 0.25) is 0 Å². The molecule has 1 aromatic carbocycles. The van der Waals surface area contributed by atoms with E-state index in [-0.39, 0.29) is 5.84 Å². The second-order valence-corrected chi connectivity index (χ2v) is 5.04. The molecule has 0 radical (unpaired) electrons. The van der Waals surface area contributed by atoms with E-state index < -0.39 is 0 Å². The summed E-state index contributed by atoms with van der Waals surface area (Å²) in [5, 5.41) is 11.9. The zero-order valence-electron chi connectivity index (χ0n) is 12.0. The Labute approximate surface area is 115 Å². The van der Waals surface area contributed by atoms with Crippen LogP contribution in [0.3, 0.4) is 0 Å². The fourth-order valence-corrected chi connectivity index (χ4v) is 1.99. The van der Waals surface area contributed by atoms with Crippen molar-refractivity contribution >= 4 is 5.84 Å². The first-order valence-electron chi connectivity index (χ1n) is 6.43. The van der Waals surface area contributed by atoms with Gasteiger partial charge in [-0.15, -0.1) is 0 Å². The van der Waals surface area contributed by atoms with E-state index in [9.17, 15) is 0 Å². The summed E-state index contributed by atoms with van der Waals surface area (Å²) >= 11 is 0. The molecule has 0 atom stereocenters. The minimum absolute atomic E-state index is 0.164. The Morgan fingerprint density at radius 1 is 1.21 bits per heavy atom. The van der Waals surface area contributed by atoms with Gasteiger partial charge in [-0.2, -0.15) is 0 Å². The molecule has 0 aliphatic carbocycles. The molecule has 5 nitrogen and oxygen atoms in total. The fraction of sp³-hybridized carbons (Fsp3) is 0.500. The first-order chi connectivity index (χ1) is 9.04. The van der Waals surface area contributed by atoms with Crippen molar-refractivity contribution in [3.8, 4) is 0 Å². The highest BCUT2D eigenvalue weighted by atomic mass is 16.4. The van der Waals surface area contributed by atoms with E-state index in [2.05, 4.69) is 36.1 Å². The summed E-state index contributed by atoms with van der Waals surface area (Å²) in [7, 11) is 6.24. The molecule has 0 amide bonds. The van der Waals surface area contributed by atoms with Gasteiger partial charge >= 0.3 is 0 Å². The average molecular weight is 264 g/mol. The van der Waals surface area contributed by atoms with E-state index >= 15 is 0 Å². The number of rotatable bonds is 7. The van der Waals surface area contributed by atoms with E-state index in [1.54, 1.807) is 0 Å². The first-order valence-corrected chi connectivity index (χ1v) is 6.43. The molecule has 106 valence electrons. The summed E-state index contributed by atoms with van der Waals surface area (Å²) in [5.41, 5.74) is 7.56. The lowest BCUT2D eigenvalue weighted by molar-refractivity contribution is 0.294. The normalized spacial score (nSPS) is 12.4. The molecule has 0 saturated carbocycles. The van der Waals surface area contributed by atoms with Crippen LogP contribution >= 0.6 is 0 Å². The standard InChI is InChI=1S/C14H24N4O/c1-17(2)9-6-10-18(3)11-12-7-4-5-8-13(12)14(15)16-19/h4-5,7-8,19H,6,9-11H2,1-3H3,(H2,15,16). The molecule has 0 fully saturated rings.